The monoisotopic (exact) mass is 357 g/mol. The van der Waals surface area contributed by atoms with E-state index in [0.29, 0.717) is 6.54 Å². The van der Waals surface area contributed by atoms with Crippen LogP contribution in [0.5, 0.6) is 0 Å². The zero-order chi connectivity index (χ0) is 18.2. The van der Waals surface area contributed by atoms with Gasteiger partial charge in [-0.2, -0.15) is 8.42 Å². The molecule has 0 fully saturated rings. The molecule has 0 heterocycles. The molecule has 24 heavy (non-hydrogen) atoms. The summed E-state index contributed by atoms with van der Waals surface area (Å²) in [7, 11) is -4.12. The van der Waals surface area contributed by atoms with Gasteiger partial charge < -0.3 is 10.4 Å². The molecular weight excluding hydrogens is 334 g/mol. The summed E-state index contributed by atoms with van der Waals surface area (Å²) < 4.78 is 29.2. The van der Waals surface area contributed by atoms with Crippen molar-refractivity contribution in [2.24, 2.45) is 0 Å². The Balaban J connectivity index is 2.67. The van der Waals surface area contributed by atoms with Crippen molar-refractivity contribution in [2.45, 2.75) is 37.7 Å². The fraction of sp³-hybridized carbons (Fsp3) is 0.500. The molecule has 0 spiro atoms. The van der Waals surface area contributed by atoms with Gasteiger partial charge in [-0.15, -0.1) is 0 Å². The lowest BCUT2D eigenvalue weighted by Gasteiger charge is -2.14. The normalized spacial score (nSPS) is 12.8. The summed E-state index contributed by atoms with van der Waals surface area (Å²) in [5.41, 5.74) is 0.882. The highest BCUT2D eigenvalue weighted by Gasteiger charge is 2.25. The Morgan fingerprint density at radius 1 is 1.21 bits per heavy atom. The van der Waals surface area contributed by atoms with Crippen LogP contribution in [-0.4, -0.2) is 50.9 Å². The van der Waals surface area contributed by atoms with Gasteiger partial charge >= 0.3 is 0 Å². The van der Waals surface area contributed by atoms with Crippen LogP contribution in [0.2, 0.25) is 0 Å². The molecule has 8 heteroatoms. The average molecular weight is 357 g/mol. The third-order valence-corrected chi connectivity index (χ3v) is 4.59. The Morgan fingerprint density at radius 2 is 1.83 bits per heavy atom. The second-order valence-electron chi connectivity index (χ2n) is 5.40. The van der Waals surface area contributed by atoms with Crippen LogP contribution in [0, 0.1) is 6.92 Å². The standard InChI is InChI=1S/C16H23NO6S/c1-3-8-17-10-16(20)15(19)9-13(11-18)23-24(21,22)14-6-4-12(2)5-7-14/h4-7,13,17-18H,3,8-11H2,1-2H3/t13-/m0/s1. The summed E-state index contributed by atoms with van der Waals surface area (Å²) in [6.45, 7) is 3.53. The molecule has 7 nitrogen and oxygen atoms in total. The summed E-state index contributed by atoms with van der Waals surface area (Å²) in [5, 5.41) is 12.1. The molecule has 0 amide bonds. The highest BCUT2D eigenvalue weighted by molar-refractivity contribution is 7.86. The molecule has 0 saturated heterocycles. The van der Waals surface area contributed by atoms with Crippen molar-refractivity contribution in [3.8, 4) is 0 Å². The molecule has 0 saturated carbocycles. The van der Waals surface area contributed by atoms with Crippen LogP contribution in [0.15, 0.2) is 29.2 Å². The summed E-state index contributed by atoms with van der Waals surface area (Å²) >= 11 is 0. The molecule has 1 aromatic carbocycles. The smallest absolute Gasteiger partial charge is 0.297 e. The number of carbonyl (C=O) groups is 2. The van der Waals surface area contributed by atoms with E-state index >= 15 is 0 Å². The van der Waals surface area contributed by atoms with Gasteiger partial charge in [0.1, 0.15) is 6.10 Å². The van der Waals surface area contributed by atoms with Crippen molar-refractivity contribution in [3.05, 3.63) is 29.8 Å². The maximum atomic E-state index is 12.1. The van der Waals surface area contributed by atoms with Gasteiger partial charge in [-0.1, -0.05) is 24.6 Å². The molecule has 0 aromatic heterocycles. The van der Waals surface area contributed by atoms with Crippen LogP contribution >= 0.6 is 0 Å². The number of Topliss-reactive ketones (excluding diaryl/α,β-unsaturated/α-hetero) is 2. The summed E-state index contributed by atoms with van der Waals surface area (Å²) in [5.74, 6) is -1.45. The van der Waals surface area contributed by atoms with E-state index in [4.69, 9.17) is 4.18 Å². The molecule has 1 atom stereocenters. The van der Waals surface area contributed by atoms with Crippen LogP contribution in [0.3, 0.4) is 0 Å². The van der Waals surface area contributed by atoms with Gasteiger partial charge in [-0.3, -0.25) is 13.8 Å². The van der Waals surface area contributed by atoms with Crippen molar-refractivity contribution in [3.63, 3.8) is 0 Å². The summed E-state index contributed by atoms with van der Waals surface area (Å²) in [4.78, 5) is 23.4. The largest absolute Gasteiger partial charge is 0.394 e. The Kier molecular flexibility index (Phi) is 8.20. The fourth-order valence-electron chi connectivity index (χ4n) is 1.87. The molecule has 0 radical (unpaired) electrons. The molecule has 0 aliphatic carbocycles. The zero-order valence-electron chi connectivity index (χ0n) is 13.8. The van der Waals surface area contributed by atoms with E-state index in [-0.39, 0.29) is 11.4 Å². The summed E-state index contributed by atoms with van der Waals surface area (Å²) in [6.07, 6.45) is -0.966. The van der Waals surface area contributed by atoms with Gasteiger partial charge in [0.2, 0.25) is 11.6 Å². The second-order valence-corrected chi connectivity index (χ2v) is 6.97. The molecule has 1 rings (SSSR count). The van der Waals surface area contributed by atoms with E-state index in [0.717, 1.165) is 12.0 Å². The Hall–Kier alpha value is -1.61. The number of aliphatic hydroxyl groups excluding tert-OH is 1. The minimum Gasteiger partial charge on any atom is -0.394 e. The number of nitrogens with one attached hydrogen (secondary N) is 1. The first-order valence-corrected chi connectivity index (χ1v) is 9.08. The van der Waals surface area contributed by atoms with Gasteiger partial charge in [0.05, 0.1) is 18.0 Å². The molecule has 134 valence electrons. The van der Waals surface area contributed by atoms with Gasteiger partial charge in [0.25, 0.3) is 10.1 Å². The number of hydrogen-bond acceptors (Lipinski definition) is 7. The predicted octanol–water partition coefficient (Wildman–Crippen LogP) is 0.589. The van der Waals surface area contributed by atoms with Crippen LogP contribution < -0.4 is 5.32 Å². The average Bonchev–Trinajstić information content (AvgIpc) is 2.54. The SMILES string of the molecule is CCCNCC(=O)C(=O)C[C@@H](CO)OS(=O)(=O)c1ccc(C)cc1. The quantitative estimate of drug-likeness (QED) is 0.339. The topological polar surface area (TPSA) is 110 Å². The van der Waals surface area contributed by atoms with E-state index in [2.05, 4.69) is 5.32 Å². The first-order chi connectivity index (χ1) is 11.3. The molecule has 0 aliphatic rings. The minimum absolute atomic E-state index is 0.0741. The number of rotatable bonds is 11. The van der Waals surface area contributed by atoms with Gasteiger partial charge in [-0.05, 0) is 32.0 Å². The van der Waals surface area contributed by atoms with E-state index in [9.17, 15) is 23.1 Å². The number of hydrogen-bond donors (Lipinski definition) is 2. The molecule has 0 unspecified atom stereocenters. The lowest BCUT2D eigenvalue weighted by Crippen LogP contribution is -2.33. The first kappa shape index (κ1) is 20.4. The van der Waals surface area contributed by atoms with Crippen molar-refractivity contribution < 1.29 is 27.3 Å². The molecule has 2 N–H and O–H groups in total. The van der Waals surface area contributed by atoms with Gasteiger partial charge in [0, 0.05) is 6.42 Å². The first-order valence-electron chi connectivity index (χ1n) is 7.67. The van der Waals surface area contributed by atoms with Crippen molar-refractivity contribution >= 4 is 21.7 Å². The number of benzene rings is 1. The van der Waals surface area contributed by atoms with E-state index in [1.54, 1.807) is 12.1 Å². The molecule has 0 bridgehead atoms. The van der Waals surface area contributed by atoms with Crippen molar-refractivity contribution in [1.29, 1.82) is 0 Å². The highest BCUT2D eigenvalue weighted by Crippen LogP contribution is 2.16. The Bertz CT molecular complexity index is 654. The van der Waals surface area contributed by atoms with E-state index < -0.39 is 40.8 Å². The lowest BCUT2D eigenvalue weighted by molar-refractivity contribution is -0.137. The highest BCUT2D eigenvalue weighted by atomic mass is 32.2. The van der Waals surface area contributed by atoms with Gasteiger partial charge in [-0.25, -0.2) is 0 Å². The number of carbonyl (C=O) groups excluding carboxylic acids is 2. The molecule has 0 aliphatic heterocycles. The predicted molar refractivity (Wildman–Crippen MR) is 88.1 cm³/mol. The van der Waals surface area contributed by atoms with Crippen molar-refractivity contribution in [1.82, 2.24) is 5.32 Å². The summed E-state index contributed by atoms with van der Waals surface area (Å²) in [6, 6.07) is 5.97. The molecular formula is C16H23NO6S. The van der Waals surface area contributed by atoms with Crippen LogP contribution in [0.4, 0.5) is 0 Å². The fourth-order valence-corrected chi connectivity index (χ4v) is 2.93. The number of aliphatic hydroxyl groups is 1. The van der Waals surface area contributed by atoms with Crippen LogP contribution in [0.1, 0.15) is 25.3 Å². The van der Waals surface area contributed by atoms with Crippen molar-refractivity contribution in [2.75, 3.05) is 19.7 Å². The maximum Gasteiger partial charge on any atom is 0.297 e. The van der Waals surface area contributed by atoms with Crippen LogP contribution in [0.25, 0.3) is 0 Å². The second kappa shape index (κ2) is 9.63. The third-order valence-electron chi connectivity index (χ3n) is 3.21. The Labute approximate surface area is 142 Å². The van der Waals surface area contributed by atoms with E-state index in [1.165, 1.54) is 12.1 Å². The zero-order valence-corrected chi connectivity index (χ0v) is 14.6. The number of ketones is 2. The number of aryl methyl sites for hydroxylation is 1. The molecule has 1 aromatic rings. The maximum absolute atomic E-state index is 12.1. The van der Waals surface area contributed by atoms with E-state index in [1.807, 2.05) is 13.8 Å². The Morgan fingerprint density at radius 3 is 2.38 bits per heavy atom. The minimum atomic E-state index is -4.12. The third kappa shape index (κ3) is 6.48. The van der Waals surface area contributed by atoms with Crippen LogP contribution in [-0.2, 0) is 23.9 Å². The van der Waals surface area contributed by atoms with Gasteiger partial charge in [0.15, 0.2) is 0 Å². The lowest BCUT2D eigenvalue weighted by atomic mass is 10.1.